The Labute approximate surface area is 232 Å². The van der Waals surface area contributed by atoms with Gasteiger partial charge in [-0.05, 0) is 65.8 Å². The van der Waals surface area contributed by atoms with Gasteiger partial charge in [0.05, 0.1) is 31.0 Å². The van der Waals surface area contributed by atoms with Crippen molar-refractivity contribution in [1.82, 2.24) is 0 Å². The monoisotopic (exact) mass is 537 g/mol. The minimum atomic E-state index is -0.977. The summed E-state index contributed by atoms with van der Waals surface area (Å²) in [5.74, 6) is -0.947. The molecule has 0 aliphatic carbocycles. The second kappa shape index (κ2) is 10.8. The number of ketones is 1. The fourth-order valence-corrected chi connectivity index (χ4v) is 5.28. The zero-order chi connectivity index (χ0) is 28.6. The average molecular weight is 538 g/mol. The van der Waals surface area contributed by atoms with E-state index in [9.17, 15) is 19.8 Å². The van der Waals surface area contributed by atoms with Crippen molar-refractivity contribution in [1.29, 1.82) is 0 Å². The Morgan fingerprint density at radius 1 is 0.950 bits per heavy atom. The second-order valence-corrected chi connectivity index (χ2v) is 9.94. The van der Waals surface area contributed by atoms with Crippen LogP contribution < -0.4 is 14.4 Å². The van der Waals surface area contributed by atoms with Crippen molar-refractivity contribution in [3.63, 3.8) is 0 Å². The largest absolute Gasteiger partial charge is 0.507 e. The van der Waals surface area contributed by atoms with Gasteiger partial charge in [-0.1, -0.05) is 56.3 Å². The Kier molecular flexibility index (Phi) is 7.22. The molecule has 4 aromatic rings. The zero-order valence-corrected chi connectivity index (χ0v) is 22.8. The Hall–Kier alpha value is -4.78. The standard InChI is InChI=1S/C33H31NO6/c1-5-40-28-18-21(13-15-26(28)35)30-29(31(36)22-14-16-27(39-4)24(17-22)19(2)3)32(37)33(38)34(30)25-12-8-10-20-9-6-7-11-23(20)25/h6-19,30,35-36H,5H2,1-4H3/b31-29+. The number of methoxy groups -OCH3 is 1. The molecule has 1 unspecified atom stereocenters. The maximum absolute atomic E-state index is 13.8. The zero-order valence-electron chi connectivity index (χ0n) is 22.8. The number of phenols is 1. The van der Waals surface area contributed by atoms with Crippen LogP contribution in [0.1, 0.15) is 49.4 Å². The van der Waals surface area contributed by atoms with Crippen molar-refractivity contribution in [3.05, 3.63) is 101 Å². The van der Waals surface area contributed by atoms with Gasteiger partial charge in [-0.15, -0.1) is 0 Å². The number of hydrogen-bond donors (Lipinski definition) is 2. The minimum Gasteiger partial charge on any atom is -0.507 e. The van der Waals surface area contributed by atoms with Gasteiger partial charge in [0.15, 0.2) is 11.5 Å². The summed E-state index contributed by atoms with van der Waals surface area (Å²) >= 11 is 0. The number of carbonyl (C=O) groups is 2. The van der Waals surface area contributed by atoms with E-state index >= 15 is 0 Å². The van der Waals surface area contributed by atoms with Gasteiger partial charge in [0.25, 0.3) is 11.7 Å². The Morgan fingerprint density at radius 2 is 1.70 bits per heavy atom. The third-order valence-electron chi connectivity index (χ3n) is 7.20. The summed E-state index contributed by atoms with van der Waals surface area (Å²) in [5.41, 5.74) is 2.25. The molecule has 4 aromatic carbocycles. The van der Waals surface area contributed by atoms with Crippen molar-refractivity contribution < 1.29 is 29.3 Å². The van der Waals surface area contributed by atoms with E-state index in [-0.39, 0.29) is 28.7 Å². The molecule has 7 nitrogen and oxygen atoms in total. The molecule has 0 saturated carbocycles. The van der Waals surface area contributed by atoms with Crippen molar-refractivity contribution in [2.24, 2.45) is 0 Å². The number of benzene rings is 4. The number of aliphatic hydroxyl groups excluding tert-OH is 1. The number of fused-ring (bicyclic) bond motifs is 1. The Bertz CT molecular complexity index is 1650. The maximum atomic E-state index is 13.8. The molecule has 5 rings (SSSR count). The van der Waals surface area contributed by atoms with Gasteiger partial charge in [-0.25, -0.2) is 0 Å². The average Bonchev–Trinajstić information content (AvgIpc) is 3.23. The lowest BCUT2D eigenvalue weighted by Gasteiger charge is -2.27. The summed E-state index contributed by atoms with van der Waals surface area (Å²) in [7, 11) is 1.58. The third-order valence-corrected chi connectivity index (χ3v) is 7.20. The first-order valence-corrected chi connectivity index (χ1v) is 13.2. The van der Waals surface area contributed by atoms with E-state index in [1.165, 1.54) is 11.0 Å². The molecule has 204 valence electrons. The Balaban J connectivity index is 1.78. The van der Waals surface area contributed by atoms with Crippen LogP contribution in [-0.2, 0) is 9.59 Å². The van der Waals surface area contributed by atoms with Crippen LogP contribution in [-0.4, -0.2) is 35.6 Å². The topological polar surface area (TPSA) is 96.3 Å². The fraction of sp³-hybridized carbons (Fsp3) is 0.212. The van der Waals surface area contributed by atoms with Crippen molar-refractivity contribution in [2.75, 3.05) is 18.6 Å². The first-order chi connectivity index (χ1) is 19.3. The molecule has 0 aromatic heterocycles. The van der Waals surface area contributed by atoms with Crippen molar-refractivity contribution >= 4 is 33.9 Å². The Morgan fingerprint density at radius 3 is 2.42 bits per heavy atom. The van der Waals surface area contributed by atoms with Gasteiger partial charge >= 0.3 is 0 Å². The lowest BCUT2D eigenvalue weighted by Crippen LogP contribution is -2.29. The number of amides is 1. The lowest BCUT2D eigenvalue weighted by molar-refractivity contribution is -0.132. The number of nitrogens with zero attached hydrogens (tertiary/aromatic N) is 1. The summed E-state index contributed by atoms with van der Waals surface area (Å²) in [6.45, 7) is 6.12. The number of carbonyl (C=O) groups excluding carboxylic acids is 2. The van der Waals surface area contributed by atoms with E-state index in [1.807, 2.05) is 50.2 Å². The fourth-order valence-electron chi connectivity index (χ4n) is 5.28. The summed E-state index contributed by atoms with van der Waals surface area (Å²) in [4.78, 5) is 28.9. The number of hydrogen-bond acceptors (Lipinski definition) is 6. The molecule has 1 aliphatic heterocycles. The van der Waals surface area contributed by atoms with Crippen LogP contribution in [0.2, 0.25) is 0 Å². The molecular formula is C33H31NO6. The third kappa shape index (κ3) is 4.53. The van der Waals surface area contributed by atoms with E-state index in [4.69, 9.17) is 9.47 Å². The molecule has 1 aliphatic rings. The SMILES string of the molecule is CCOc1cc(C2/C(=C(\O)c3ccc(OC)c(C(C)C)c3)C(=O)C(=O)N2c2cccc3ccccc23)ccc1O. The lowest BCUT2D eigenvalue weighted by atomic mass is 9.92. The van der Waals surface area contributed by atoms with E-state index in [0.717, 1.165) is 16.3 Å². The summed E-state index contributed by atoms with van der Waals surface area (Å²) < 4.78 is 11.1. The van der Waals surface area contributed by atoms with Crippen LogP contribution in [0, 0.1) is 0 Å². The first kappa shape index (κ1) is 26.8. The smallest absolute Gasteiger partial charge is 0.300 e. The van der Waals surface area contributed by atoms with Crippen molar-refractivity contribution in [3.8, 4) is 17.2 Å². The quantitative estimate of drug-likeness (QED) is 0.155. The number of aromatic hydroxyl groups is 1. The number of phenolic OH excluding ortho intramolecular Hbond substituents is 1. The van der Waals surface area contributed by atoms with Crippen molar-refractivity contribution in [2.45, 2.75) is 32.7 Å². The molecule has 40 heavy (non-hydrogen) atoms. The van der Waals surface area contributed by atoms with Gasteiger partial charge in [-0.3, -0.25) is 14.5 Å². The molecule has 1 heterocycles. The summed E-state index contributed by atoms with van der Waals surface area (Å²) in [6.07, 6.45) is 0. The van der Waals surface area contributed by atoms with E-state index < -0.39 is 17.7 Å². The van der Waals surface area contributed by atoms with E-state index in [0.29, 0.717) is 29.2 Å². The van der Waals surface area contributed by atoms with Gasteiger partial charge in [0.2, 0.25) is 0 Å². The first-order valence-electron chi connectivity index (χ1n) is 13.2. The van der Waals surface area contributed by atoms with Gasteiger partial charge < -0.3 is 19.7 Å². The highest BCUT2D eigenvalue weighted by atomic mass is 16.5. The molecule has 1 fully saturated rings. The molecule has 0 radical (unpaired) electrons. The van der Waals surface area contributed by atoms with E-state index in [1.54, 1.807) is 50.4 Å². The highest BCUT2D eigenvalue weighted by Gasteiger charge is 2.47. The van der Waals surface area contributed by atoms with Crippen LogP contribution in [0.25, 0.3) is 16.5 Å². The summed E-state index contributed by atoms with van der Waals surface area (Å²) in [5, 5.41) is 23.7. The van der Waals surface area contributed by atoms with Crippen LogP contribution in [0.5, 0.6) is 17.2 Å². The van der Waals surface area contributed by atoms with Crippen LogP contribution >= 0.6 is 0 Å². The number of rotatable bonds is 7. The predicted octanol–water partition coefficient (Wildman–Crippen LogP) is 6.70. The highest BCUT2D eigenvalue weighted by molar-refractivity contribution is 6.52. The molecule has 1 amide bonds. The molecular weight excluding hydrogens is 506 g/mol. The van der Waals surface area contributed by atoms with E-state index in [2.05, 4.69) is 0 Å². The van der Waals surface area contributed by atoms with Crippen LogP contribution in [0.3, 0.4) is 0 Å². The molecule has 2 N–H and O–H groups in total. The summed E-state index contributed by atoms with van der Waals surface area (Å²) in [6, 6.07) is 22.1. The predicted molar refractivity (Wildman–Crippen MR) is 155 cm³/mol. The number of aliphatic hydroxyl groups is 1. The molecule has 7 heteroatoms. The van der Waals surface area contributed by atoms with Gasteiger partial charge in [0, 0.05) is 10.9 Å². The molecule has 1 atom stereocenters. The number of anilines is 1. The maximum Gasteiger partial charge on any atom is 0.300 e. The number of ether oxygens (including phenoxy) is 2. The van der Waals surface area contributed by atoms with Crippen LogP contribution in [0.15, 0.2) is 84.4 Å². The van der Waals surface area contributed by atoms with Gasteiger partial charge in [-0.2, -0.15) is 0 Å². The molecule has 0 bridgehead atoms. The highest BCUT2D eigenvalue weighted by Crippen LogP contribution is 2.46. The number of Topliss-reactive ketones (excluding diaryl/α,β-unsaturated/α-hetero) is 1. The van der Waals surface area contributed by atoms with Gasteiger partial charge in [0.1, 0.15) is 11.5 Å². The molecule has 0 spiro atoms. The minimum absolute atomic E-state index is 0.0501. The normalized spacial score (nSPS) is 16.6. The van der Waals surface area contributed by atoms with Crippen LogP contribution in [0.4, 0.5) is 5.69 Å². The second-order valence-electron chi connectivity index (χ2n) is 9.94. The molecule has 1 saturated heterocycles.